The minimum absolute atomic E-state index is 0.157. The first-order chi connectivity index (χ1) is 8.32. The van der Waals surface area contributed by atoms with Gasteiger partial charge in [0, 0.05) is 11.4 Å². The van der Waals surface area contributed by atoms with Crippen molar-refractivity contribution in [3.05, 3.63) is 11.5 Å². The van der Waals surface area contributed by atoms with Gasteiger partial charge in [0.2, 0.25) is 0 Å². The lowest BCUT2D eigenvalue weighted by atomic mass is 10.1. The van der Waals surface area contributed by atoms with E-state index >= 15 is 0 Å². The van der Waals surface area contributed by atoms with Gasteiger partial charge >= 0.3 is 12.0 Å². The number of hydrogen-bond acceptors (Lipinski definition) is 4. The third-order valence-corrected chi connectivity index (χ3v) is 3.89. The van der Waals surface area contributed by atoms with Gasteiger partial charge in [-0.2, -0.15) is 0 Å². The molecule has 3 N–H and O–H groups in total. The number of carbonyl (C=O) groups is 2. The third kappa shape index (κ3) is 4.74. The zero-order valence-corrected chi connectivity index (χ0v) is 10.7. The molecule has 102 valence electrons. The summed E-state index contributed by atoms with van der Waals surface area (Å²) in [4.78, 5) is 22.0. The maximum atomic E-state index is 11.5. The Morgan fingerprint density at radius 2 is 2.17 bits per heavy atom. The third-order valence-electron chi connectivity index (χ3n) is 2.50. The fraction of sp³-hybridized carbons (Fsp3) is 0.600. The Kier molecular flexibility index (Phi) is 4.71. The van der Waals surface area contributed by atoms with Crippen molar-refractivity contribution in [3.63, 3.8) is 0 Å². The van der Waals surface area contributed by atoms with Crippen LogP contribution in [-0.2, 0) is 14.6 Å². The van der Waals surface area contributed by atoms with E-state index in [-0.39, 0.29) is 12.2 Å². The number of carboxylic acid groups (broad SMARTS) is 1. The normalized spacial score (nSPS) is 22.4. The molecule has 0 radical (unpaired) electrons. The summed E-state index contributed by atoms with van der Waals surface area (Å²) in [5.41, 5.74) is 0. The Hall–Kier alpha value is -1.57. The molecule has 1 aliphatic heterocycles. The minimum Gasteiger partial charge on any atom is -0.481 e. The number of aliphatic carboxylic acids is 1. The van der Waals surface area contributed by atoms with Crippen molar-refractivity contribution in [1.82, 2.24) is 10.6 Å². The lowest BCUT2D eigenvalue weighted by Gasteiger charge is -2.17. The van der Waals surface area contributed by atoms with Gasteiger partial charge in [0.15, 0.2) is 9.84 Å². The standard InChI is InChI=1S/C10H16N2O5S/c1-2-7(5-9(13)14)11-10(15)12-8-3-4-18(16,17)6-8/h3-4,7-8H,2,5-6H2,1H3,(H,13,14)(H2,11,12,15). The van der Waals surface area contributed by atoms with Gasteiger partial charge in [-0.25, -0.2) is 13.2 Å². The molecule has 0 saturated carbocycles. The van der Waals surface area contributed by atoms with Crippen molar-refractivity contribution >= 4 is 21.8 Å². The van der Waals surface area contributed by atoms with Crippen molar-refractivity contribution < 1.29 is 23.1 Å². The minimum atomic E-state index is -3.21. The van der Waals surface area contributed by atoms with Gasteiger partial charge in [0.1, 0.15) is 0 Å². The van der Waals surface area contributed by atoms with E-state index < -0.39 is 33.9 Å². The number of sulfone groups is 1. The van der Waals surface area contributed by atoms with Gasteiger partial charge in [0.05, 0.1) is 18.2 Å². The molecule has 1 aliphatic rings. The predicted molar refractivity (Wildman–Crippen MR) is 64.7 cm³/mol. The number of hydrogen-bond donors (Lipinski definition) is 3. The molecular weight excluding hydrogens is 260 g/mol. The highest BCUT2D eigenvalue weighted by molar-refractivity contribution is 7.94. The van der Waals surface area contributed by atoms with E-state index in [9.17, 15) is 18.0 Å². The van der Waals surface area contributed by atoms with Crippen LogP contribution in [0.2, 0.25) is 0 Å². The van der Waals surface area contributed by atoms with Gasteiger partial charge in [-0.3, -0.25) is 4.79 Å². The number of urea groups is 1. The van der Waals surface area contributed by atoms with Gasteiger partial charge in [-0.1, -0.05) is 6.92 Å². The first kappa shape index (κ1) is 14.5. The Labute approximate surface area is 105 Å². The van der Waals surface area contributed by atoms with Gasteiger partial charge < -0.3 is 15.7 Å². The molecule has 0 bridgehead atoms. The van der Waals surface area contributed by atoms with Crippen LogP contribution in [0.5, 0.6) is 0 Å². The second-order valence-electron chi connectivity index (χ2n) is 4.09. The summed E-state index contributed by atoms with van der Waals surface area (Å²) in [5.74, 6) is -1.15. The van der Waals surface area contributed by atoms with Crippen LogP contribution in [0.1, 0.15) is 19.8 Å². The van der Waals surface area contributed by atoms with E-state index in [0.717, 1.165) is 5.41 Å². The van der Waals surface area contributed by atoms with Crippen LogP contribution < -0.4 is 10.6 Å². The summed E-state index contributed by atoms with van der Waals surface area (Å²) in [7, 11) is -3.21. The van der Waals surface area contributed by atoms with E-state index in [1.54, 1.807) is 6.92 Å². The van der Waals surface area contributed by atoms with Gasteiger partial charge in [-0.05, 0) is 12.5 Å². The topological polar surface area (TPSA) is 113 Å². The van der Waals surface area contributed by atoms with Crippen LogP contribution in [-0.4, -0.2) is 43.4 Å². The highest BCUT2D eigenvalue weighted by Gasteiger charge is 2.23. The molecule has 0 saturated heterocycles. The zero-order chi connectivity index (χ0) is 13.8. The van der Waals surface area contributed by atoms with Crippen LogP contribution in [0, 0.1) is 0 Å². The Balaban J connectivity index is 2.42. The van der Waals surface area contributed by atoms with Crippen molar-refractivity contribution in [2.24, 2.45) is 0 Å². The van der Waals surface area contributed by atoms with Crippen molar-refractivity contribution in [2.45, 2.75) is 31.8 Å². The number of carbonyl (C=O) groups excluding carboxylic acids is 1. The molecule has 2 amide bonds. The van der Waals surface area contributed by atoms with Gasteiger partial charge in [0.25, 0.3) is 0 Å². The maximum absolute atomic E-state index is 11.5. The molecule has 2 unspecified atom stereocenters. The smallest absolute Gasteiger partial charge is 0.315 e. The lowest BCUT2D eigenvalue weighted by molar-refractivity contribution is -0.137. The quantitative estimate of drug-likeness (QED) is 0.646. The molecule has 0 fully saturated rings. The summed E-state index contributed by atoms with van der Waals surface area (Å²) < 4.78 is 22.2. The highest BCUT2D eigenvalue weighted by Crippen LogP contribution is 2.07. The molecule has 0 aromatic rings. The first-order valence-electron chi connectivity index (χ1n) is 5.52. The van der Waals surface area contributed by atoms with Crippen LogP contribution in [0.15, 0.2) is 11.5 Å². The summed E-state index contributed by atoms with van der Waals surface area (Å²) >= 11 is 0. The molecule has 0 aromatic heterocycles. The largest absolute Gasteiger partial charge is 0.481 e. The van der Waals surface area contributed by atoms with Crippen molar-refractivity contribution in [2.75, 3.05) is 5.75 Å². The number of carboxylic acids is 1. The zero-order valence-electron chi connectivity index (χ0n) is 9.92. The molecule has 1 heterocycles. The predicted octanol–water partition coefficient (Wildman–Crippen LogP) is -0.150. The number of nitrogens with one attached hydrogen (secondary N) is 2. The molecule has 7 nitrogen and oxygen atoms in total. The molecule has 0 spiro atoms. The van der Waals surface area contributed by atoms with E-state index in [0.29, 0.717) is 6.42 Å². The molecule has 1 rings (SSSR count). The van der Waals surface area contributed by atoms with Crippen LogP contribution in [0.4, 0.5) is 4.79 Å². The van der Waals surface area contributed by atoms with E-state index in [1.165, 1.54) is 6.08 Å². The van der Waals surface area contributed by atoms with Crippen molar-refractivity contribution in [3.8, 4) is 0 Å². The molecule has 0 aromatic carbocycles. The second kappa shape index (κ2) is 5.85. The Morgan fingerprint density at radius 3 is 2.61 bits per heavy atom. The number of amides is 2. The van der Waals surface area contributed by atoms with E-state index in [2.05, 4.69) is 10.6 Å². The van der Waals surface area contributed by atoms with Gasteiger partial charge in [-0.15, -0.1) is 0 Å². The highest BCUT2D eigenvalue weighted by atomic mass is 32.2. The van der Waals surface area contributed by atoms with Crippen LogP contribution in [0.3, 0.4) is 0 Å². The fourth-order valence-electron chi connectivity index (χ4n) is 1.57. The second-order valence-corrected chi connectivity index (χ2v) is 6.02. The molecule has 0 aliphatic carbocycles. The maximum Gasteiger partial charge on any atom is 0.315 e. The molecule has 18 heavy (non-hydrogen) atoms. The first-order valence-corrected chi connectivity index (χ1v) is 7.23. The van der Waals surface area contributed by atoms with Crippen LogP contribution in [0.25, 0.3) is 0 Å². The van der Waals surface area contributed by atoms with Crippen molar-refractivity contribution in [1.29, 1.82) is 0 Å². The average Bonchev–Trinajstić information content (AvgIpc) is 2.56. The molecule has 2 atom stereocenters. The molecular formula is C10H16N2O5S. The summed E-state index contributed by atoms with van der Waals surface area (Å²) in [6.45, 7) is 1.76. The summed E-state index contributed by atoms with van der Waals surface area (Å²) in [5, 5.41) is 14.6. The summed E-state index contributed by atoms with van der Waals surface area (Å²) in [6.07, 6.45) is 1.72. The number of rotatable bonds is 5. The summed E-state index contributed by atoms with van der Waals surface area (Å²) in [6, 6.07) is -1.59. The Morgan fingerprint density at radius 1 is 1.50 bits per heavy atom. The molecule has 8 heteroatoms. The average molecular weight is 276 g/mol. The Bertz CT molecular complexity index is 457. The lowest BCUT2D eigenvalue weighted by Crippen LogP contribution is -2.47. The van der Waals surface area contributed by atoms with Crippen LogP contribution >= 0.6 is 0 Å². The fourth-order valence-corrected chi connectivity index (χ4v) is 2.80. The SMILES string of the molecule is CCC(CC(=O)O)NC(=O)NC1C=CS(=O)(=O)C1. The monoisotopic (exact) mass is 276 g/mol. The van der Waals surface area contributed by atoms with E-state index in [4.69, 9.17) is 5.11 Å². The van der Waals surface area contributed by atoms with E-state index in [1.807, 2.05) is 0 Å².